The van der Waals surface area contributed by atoms with Gasteiger partial charge in [-0.3, -0.25) is 9.59 Å². The van der Waals surface area contributed by atoms with E-state index < -0.39 is 23.5 Å². The van der Waals surface area contributed by atoms with E-state index in [1.54, 1.807) is 24.3 Å². The number of benzene rings is 2. The number of nitrogens with zero attached hydrogens (tertiary/aromatic N) is 2. The van der Waals surface area contributed by atoms with Gasteiger partial charge >= 0.3 is 0 Å². The van der Waals surface area contributed by atoms with Crippen LogP contribution < -0.4 is 4.74 Å². The summed E-state index contributed by atoms with van der Waals surface area (Å²) in [5.41, 5.74) is 2.03. The van der Waals surface area contributed by atoms with Crippen LogP contribution in [0, 0.1) is 5.82 Å². The Labute approximate surface area is 199 Å². The van der Waals surface area contributed by atoms with Crippen LogP contribution >= 0.6 is 0 Å². The van der Waals surface area contributed by atoms with Crippen LogP contribution in [-0.2, 0) is 16.0 Å². The minimum absolute atomic E-state index is 0.0337. The van der Waals surface area contributed by atoms with Crippen molar-refractivity contribution in [3.8, 4) is 5.75 Å². The summed E-state index contributed by atoms with van der Waals surface area (Å²) >= 11 is 0. The smallest absolute Gasteiger partial charge is 0.295 e. The van der Waals surface area contributed by atoms with Gasteiger partial charge in [0.1, 0.15) is 23.4 Å². The van der Waals surface area contributed by atoms with Crippen molar-refractivity contribution in [3.63, 3.8) is 0 Å². The number of fused-ring (bicyclic) bond motifs is 1. The molecule has 0 unspecified atom stereocenters. The molecule has 34 heavy (non-hydrogen) atoms. The van der Waals surface area contributed by atoms with Gasteiger partial charge in [0.05, 0.1) is 11.6 Å². The van der Waals surface area contributed by atoms with Gasteiger partial charge < -0.3 is 19.6 Å². The van der Waals surface area contributed by atoms with Gasteiger partial charge in [-0.05, 0) is 74.4 Å². The molecule has 2 aliphatic heterocycles. The third-order valence-corrected chi connectivity index (χ3v) is 6.66. The predicted octanol–water partition coefficient (Wildman–Crippen LogP) is 4.30. The van der Waals surface area contributed by atoms with Gasteiger partial charge in [-0.15, -0.1) is 0 Å². The molecule has 7 heteroatoms. The van der Waals surface area contributed by atoms with E-state index in [9.17, 15) is 19.1 Å². The van der Waals surface area contributed by atoms with Crippen molar-refractivity contribution in [1.29, 1.82) is 0 Å². The molecule has 1 amide bonds. The first kappa shape index (κ1) is 24.0. The molecule has 180 valence electrons. The van der Waals surface area contributed by atoms with Crippen molar-refractivity contribution in [2.45, 2.75) is 45.8 Å². The second kappa shape index (κ2) is 9.97. The second-order valence-corrected chi connectivity index (χ2v) is 8.88. The van der Waals surface area contributed by atoms with Gasteiger partial charge in [0, 0.05) is 18.5 Å². The average Bonchev–Trinajstić information content (AvgIpc) is 3.32. The molecular weight excluding hydrogens is 435 g/mol. The summed E-state index contributed by atoms with van der Waals surface area (Å²) in [4.78, 5) is 30.0. The number of ether oxygens (including phenoxy) is 1. The highest BCUT2D eigenvalue weighted by molar-refractivity contribution is 6.46. The van der Waals surface area contributed by atoms with E-state index in [0.29, 0.717) is 30.5 Å². The lowest BCUT2D eigenvalue weighted by Gasteiger charge is -2.26. The Morgan fingerprint density at radius 3 is 2.53 bits per heavy atom. The number of amides is 1. The fourth-order valence-electron chi connectivity index (χ4n) is 4.83. The topological polar surface area (TPSA) is 70.1 Å². The average molecular weight is 467 g/mol. The normalized spacial score (nSPS) is 21.3. The fourth-order valence-corrected chi connectivity index (χ4v) is 4.83. The van der Waals surface area contributed by atoms with E-state index in [2.05, 4.69) is 18.7 Å². The molecule has 2 heterocycles. The molecule has 1 saturated heterocycles. The van der Waals surface area contributed by atoms with Crippen LogP contribution in [0.15, 0.2) is 48.0 Å². The van der Waals surface area contributed by atoms with Crippen molar-refractivity contribution >= 4 is 17.4 Å². The number of hydrogen-bond acceptors (Lipinski definition) is 5. The Bertz CT molecular complexity index is 1110. The zero-order valence-electron chi connectivity index (χ0n) is 19.9. The first-order chi connectivity index (χ1) is 16.3. The number of carbonyl (C=O) groups excluding carboxylic acids is 2. The summed E-state index contributed by atoms with van der Waals surface area (Å²) < 4.78 is 19.4. The molecule has 0 aromatic heterocycles. The molecule has 6 nitrogen and oxygen atoms in total. The Hall–Kier alpha value is -3.19. The minimum atomic E-state index is -0.777. The molecule has 1 N–H and O–H groups in total. The third-order valence-electron chi connectivity index (χ3n) is 6.66. The first-order valence-corrected chi connectivity index (χ1v) is 11.9. The van der Waals surface area contributed by atoms with E-state index in [1.165, 1.54) is 17.0 Å². The summed E-state index contributed by atoms with van der Waals surface area (Å²) in [7, 11) is 0. The molecule has 0 bridgehead atoms. The molecule has 2 aromatic rings. The van der Waals surface area contributed by atoms with Crippen LogP contribution in [0.25, 0.3) is 5.76 Å². The van der Waals surface area contributed by atoms with Crippen LogP contribution in [0.3, 0.4) is 0 Å². The molecule has 4 rings (SSSR count). The number of halogens is 1. The summed E-state index contributed by atoms with van der Waals surface area (Å²) in [5, 5.41) is 11.3. The second-order valence-electron chi connectivity index (χ2n) is 8.88. The molecule has 1 fully saturated rings. The number of likely N-dealkylation sites (tertiary alicyclic amines) is 1. The van der Waals surface area contributed by atoms with Gasteiger partial charge in [0.25, 0.3) is 11.7 Å². The van der Waals surface area contributed by atoms with Crippen molar-refractivity contribution in [1.82, 2.24) is 9.80 Å². The van der Waals surface area contributed by atoms with Crippen LogP contribution in [-0.4, -0.2) is 58.9 Å². The van der Waals surface area contributed by atoms with Crippen molar-refractivity contribution in [2.75, 3.05) is 26.2 Å². The van der Waals surface area contributed by atoms with E-state index in [4.69, 9.17) is 4.74 Å². The van der Waals surface area contributed by atoms with Gasteiger partial charge in [-0.1, -0.05) is 26.0 Å². The lowest BCUT2D eigenvalue weighted by atomic mass is 9.94. The highest BCUT2D eigenvalue weighted by atomic mass is 19.1. The van der Waals surface area contributed by atoms with E-state index in [0.717, 1.165) is 30.9 Å². The lowest BCUT2D eigenvalue weighted by Crippen LogP contribution is -2.33. The summed E-state index contributed by atoms with van der Waals surface area (Å²) in [5.74, 6) is -1.24. The highest BCUT2D eigenvalue weighted by Crippen LogP contribution is 2.40. The number of aliphatic hydroxyl groups is 1. The molecule has 2 atom stereocenters. The monoisotopic (exact) mass is 466 g/mol. The summed E-state index contributed by atoms with van der Waals surface area (Å²) in [6.07, 6.45) is 1.43. The Morgan fingerprint density at radius 1 is 1.15 bits per heavy atom. The number of Topliss-reactive ketones (excluding diaryl/α,β-unsaturated/α-hetero) is 1. The molecule has 2 aliphatic rings. The zero-order chi connectivity index (χ0) is 24.4. The van der Waals surface area contributed by atoms with Crippen molar-refractivity contribution < 1.29 is 23.8 Å². The number of ketones is 1. The molecule has 0 saturated carbocycles. The van der Waals surface area contributed by atoms with Crippen molar-refractivity contribution in [3.05, 3.63) is 70.5 Å². The van der Waals surface area contributed by atoms with Crippen LogP contribution in [0.1, 0.15) is 49.9 Å². The number of hydrogen-bond donors (Lipinski definition) is 1. The Kier molecular flexibility index (Phi) is 7.03. The zero-order valence-corrected chi connectivity index (χ0v) is 19.9. The van der Waals surface area contributed by atoms with Crippen LogP contribution in [0.4, 0.5) is 4.39 Å². The Balaban J connectivity index is 1.72. The third kappa shape index (κ3) is 4.57. The van der Waals surface area contributed by atoms with Gasteiger partial charge in [0.2, 0.25) is 0 Å². The minimum Gasteiger partial charge on any atom is -0.507 e. The van der Waals surface area contributed by atoms with Gasteiger partial charge in [-0.2, -0.15) is 0 Å². The van der Waals surface area contributed by atoms with Gasteiger partial charge in [-0.25, -0.2) is 4.39 Å². The lowest BCUT2D eigenvalue weighted by molar-refractivity contribution is -0.140. The van der Waals surface area contributed by atoms with E-state index in [1.807, 2.05) is 13.0 Å². The largest absolute Gasteiger partial charge is 0.507 e. The fraction of sp³-hybridized carbons (Fsp3) is 0.407. The quantitative estimate of drug-likeness (QED) is 0.357. The molecule has 0 aliphatic carbocycles. The van der Waals surface area contributed by atoms with Crippen molar-refractivity contribution in [2.24, 2.45) is 0 Å². The SMILES string of the molecule is CCN(CC)CCCN1C(=O)C(=O)C(=C(O)c2ccc3c(c2)C[C@@H](C)O3)[C@H]1c1ccc(F)cc1. The van der Waals surface area contributed by atoms with E-state index in [-0.39, 0.29) is 17.4 Å². The van der Waals surface area contributed by atoms with Crippen LogP contribution in [0.2, 0.25) is 0 Å². The maximum absolute atomic E-state index is 13.6. The highest BCUT2D eigenvalue weighted by Gasteiger charge is 2.45. The first-order valence-electron chi connectivity index (χ1n) is 11.9. The predicted molar refractivity (Wildman–Crippen MR) is 128 cm³/mol. The maximum Gasteiger partial charge on any atom is 0.295 e. The molecule has 2 aromatic carbocycles. The molecule has 0 radical (unpaired) electrons. The standard InChI is InChI=1S/C27H31FN2O4/c1-4-29(5-2)13-6-14-30-24(18-7-10-21(28)11-8-18)23(26(32)27(30)33)25(31)19-9-12-22-20(16-19)15-17(3)34-22/h7-12,16-17,24,31H,4-6,13-15H2,1-3H3/t17-,24-/m1/s1. The molecular formula is C27H31FN2O4. The van der Waals surface area contributed by atoms with Gasteiger partial charge in [0.15, 0.2) is 0 Å². The number of rotatable bonds is 8. The maximum atomic E-state index is 13.6. The van der Waals surface area contributed by atoms with Crippen LogP contribution in [0.5, 0.6) is 5.75 Å². The number of carbonyl (C=O) groups is 2. The van der Waals surface area contributed by atoms with E-state index >= 15 is 0 Å². The summed E-state index contributed by atoms with van der Waals surface area (Å²) in [6.45, 7) is 9.07. The Morgan fingerprint density at radius 2 is 1.85 bits per heavy atom. The molecule has 0 spiro atoms. The number of aliphatic hydroxyl groups excluding tert-OH is 1. The summed E-state index contributed by atoms with van der Waals surface area (Å²) in [6, 6.07) is 10.2.